The minimum Gasteiger partial charge on any atom is -0.266 e. The number of hydrogen-bond acceptors (Lipinski definition) is 2. The van der Waals surface area contributed by atoms with Gasteiger partial charge in [0.25, 0.3) is 10.0 Å². The van der Waals surface area contributed by atoms with Crippen molar-refractivity contribution < 1.29 is 8.42 Å². The van der Waals surface area contributed by atoms with E-state index in [1.165, 1.54) is 4.31 Å². The summed E-state index contributed by atoms with van der Waals surface area (Å²) < 4.78 is 29.0. The molecule has 0 unspecified atom stereocenters. The van der Waals surface area contributed by atoms with Crippen LogP contribution >= 0.6 is 15.9 Å². The number of aryl methyl sites for hydroxylation is 3. The second-order valence-electron chi connectivity index (χ2n) is 6.63. The minimum atomic E-state index is -3.61. The molecule has 5 heteroatoms. The molecule has 3 nitrogen and oxygen atoms in total. The normalized spacial score (nSPS) is 11.8. The lowest BCUT2D eigenvalue weighted by molar-refractivity contribution is 0.577. The Morgan fingerprint density at radius 3 is 2.21 bits per heavy atom. The first-order chi connectivity index (χ1) is 11.1. The summed E-state index contributed by atoms with van der Waals surface area (Å²) in [6.45, 7) is 10.4. The quantitative estimate of drug-likeness (QED) is 0.677. The Labute approximate surface area is 153 Å². The van der Waals surface area contributed by atoms with Crippen LogP contribution < -0.4 is 4.31 Å². The molecule has 2 aromatic rings. The van der Waals surface area contributed by atoms with Gasteiger partial charge in [0.05, 0.1) is 10.6 Å². The molecule has 2 aromatic carbocycles. The van der Waals surface area contributed by atoms with Gasteiger partial charge >= 0.3 is 0 Å². The Morgan fingerprint density at radius 2 is 1.67 bits per heavy atom. The molecule has 0 atom stereocenters. The fourth-order valence-corrected chi connectivity index (χ4v) is 4.67. The Kier molecular flexibility index (Phi) is 5.76. The van der Waals surface area contributed by atoms with Crippen LogP contribution in [0.4, 0.5) is 5.69 Å². The molecule has 0 aromatic heterocycles. The molecule has 0 aliphatic rings. The molecule has 0 N–H and O–H groups in total. The topological polar surface area (TPSA) is 37.4 Å². The zero-order valence-electron chi connectivity index (χ0n) is 14.8. The fraction of sp³-hybridized carbons (Fsp3) is 0.368. The lowest BCUT2D eigenvalue weighted by atomic mass is 10.1. The summed E-state index contributed by atoms with van der Waals surface area (Å²) in [6.07, 6.45) is 0. The van der Waals surface area contributed by atoms with E-state index in [-0.39, 0.29) is 5.92 Å². The molecule has 2 rings (SSSR count). The lowest BCUT2D eigenvalue weighted by Crippen LogP contribution is -2.34. The highest BCUT2D eigenvalue weighted by Crippen LogP contribution is 2.30. The average Bonchev–Trinajstić information content (AvgIpc) is 2.48. The number of nitrogens with zero attached hydrogens (tertiary/aromatic N) is 1. The molecule has 0 saturated heterocycles. The highest BCUT2D eigenvalue weighted by atomic mass is 79.9. The van der Waals surface area contributed by atoms with Crippen molar-refractivity contribution in [3.63, 3.8) is 0 Å². The van der Waals surface area contributed by atoms with Crippen LogP contribution in [0.1, 0.15) is 30.5 Å². The van der Waals surface area contributed by atoms with Crippen LogP contribution in [0.15, 0.2) is 45.8 Å². The number of anilines is 1. The second kappa shape index (κ2) is 7.28. The zero-order chi connectivity index (χ0) is 18.1. The van der Waals surface area contributed by atoms with Crippen molar-refractivity contribution in [2.24, 2.45) is 5.92 Å². The fourth-order valence-electron chi connectivity index (χ4n) is 2.65. The zero-order valence-corrected chi connectivity index (χ0v) is 17.2. The summed E-state index contributed by atoms with van der Waals surface area (Å²) in [5, 5.41) is 0. The van der Waals surface area contributed by atoms with Crippen LogP contribution in [0.2, 0.25) is 0 Å². The van der Waals surface area contributed by atoms with E-state index in [2.05, 4.69) is 15.9 Å². The standard InChI is InChI=1S/C19H24BrNO2S/c1-13(2)12-21(19-9-6-14(3)10-16(19)5)24(22,23)17-7-8-18(20)15(4)11-17/h6-11,13H,12H2,1-5H3. The monoisotopic (exact) mass is 409 g/mol. The lowest BCUT2D eigenvalue weighted by Gasteiger charge is -2.28. The molecule has 0 aliphatic carbocycles. The first kappa shape index (κ1) is 19.0. The third-order valence-electron chi connectivity index (χ3n) is 3.87. The van der Waals surface area contributed by atoms with Gasteiger partial charge in [0.2, 0.25) is 0 Å². The van der Waals surface area contributed by atoms with Gasteiger partial charge in [0.15, 0.2) is 0 Å². The molecule has 0 radical (unpaired) electrons. The summed E-state index contributed by atoms with van der Waals surface area (Å²) in [5.41, 5.74) is 3.74. The molecule has 0 fully saturated rings. The van der Waals surface area contributed by atoms with Gasteiger partial charge in [-0.25, -0.2) is 8.42 Å². The van der Waals surface area contributed by atoms with Gasteiger partial charge in [0.1, 0.15) is 0 Å². The maximum absolute atomic E-state index is 13.3. The van der Waals surface area contributed by atoms with Crippen LogP contribution in [0.3, 0.4) is 0 Å². The van der Waals surface area contributed by atoms with Gasteiger partial charge in [-0.2, -0.15) is 0 Å². The molecule has 130 valence electrons. The van der Waals surface area contributed by atoms with Crippen molar-refractivity contribution in [3.05, 3.63) is 57.6 Å². The summed E-state index contributed by atoms with van der Waals surface area (Å²) >= 11 is 3.43. The average molecular weight is 410 g/mol. The molecular weight excluding hydrogens is 386 g/mol. The number of benzene rings is 2. The van der Waals surface area contributed by atoms with Gasteiger partial charge in [-0.15, -0.1) is 0 Å². The first-order valence-electron chi connectivity index (χ1n) is 7.99. The summed E-state index contributed by atoms with van der Waals surface area (Å²) in [7, 11) is -3.61. The maximum Gasteiger partial charge on any atom is 0.264 e. The van der Waals surface area contributed by atoms with Gasteiger partial charge in [-0.1, -0.05) is 47.5 Å². The Morgan fingerprint density at radius 1 is 1.00 bits per heavy atom. The number of rotatable bonds is 5. The Bertz CT molecular complexity index is 844. The van der Waals surface area contributed by atoms with E-state index in [0.717, 1.165) is 26.9 Å². The van der Waals surface area contributed by atoms with Crippen molar-refractivity contribution in [2.45, 2.75) is 39.5 Å². The molecule has 0 aliphatic heterocycles. The van der Waals surface area contributed by atoms with Crippen molar-refractivity contribution >= 4 is 31.6 Å². The number of halogens is 1. The van der Waals surface area contributed by atoms with Gasteiger partial charge in [-0.05, 0) is 62.1 Å². The molecule has 0 spiro atoms. The Hall–Kier alpha value is -1.33. The largest absolute Gasteiger partial charge is 0.266 e. The van der Waals surface area contributed by atoms with Crippen LogP contribution in [0, 0.1) is 26.7 Å². The molecule has 0 saturated carbocycles. The van der Waals surface area contributed by atoms with Crippen molar-refractivity contribution in [1.29, 1.82) is 0 Å². The van der Waals surface area contributed by atoms with Crippen molar-refractivity contribution in [2.75, 3.05) is 10.8 Å². The predicted molar refractivity (Wildman–Crippen MR) is 104 cm³/mol. The predicted octanol–water partition coefficient (Wildman–Crippen LogP) is 5.23. The number of sulfonamides is 1. The van der Waals surface area contributed by atoms with Crippen LogP contribution in [0.25, 0.3) is 0 Å². The van der Waals surface area contributed by atoms with E-state index < -0.39 is 10.0 Å². The number of hydrogen-bond donors (Lipinski definition) is 0. The molecular formula is C19H24BrNO2S. The van der Waals surface area contributed by atoms with Gasteiger partial charge < -0.3 is 0 Å². The van der Waals surface area contributed by atoms with Gasteiger partial charge in [-0.3, -0.25) is 4.31 Å². The van der Waals surface area contributed by atoms with Crippen LogP contribution in [-0.2, 0) is 10.0 Å². The van der Waals surface area contributed by atoms with E-state index in [4.69, 9.17) is 0 Å². The van der Waals surface area contributed by atoms with Crippen LogP contribution in [0.5, 0.6) is 0 Å². The summed E-state index contributed by atoms with van der Waals surface area (Å²) in [6, 6.07) is 11.0. The minimum absolute atomic E-state index is 0.219. The second-order valence-corrected chi connectivity index (χ2v) is 9.35. The highest BCUT2D eigenvalue weighted by molar-refractivity contribution is 9.10. The van der Waals surface area contributed by atoms with E-state index in [0.29, 0.717) is 11.4 Å². The molecule has 0 heterocycles. The molecule has 0 amide bonds. The van der Waals surface area contributed by atoms with Gasteiger partial charge in [0, 0.05) is 11.0 Å². The molecule has 24 heavy (non-hydrogen) atoms. The third kappa shape index (κ3) is 4.01. The smallest absolute Gasteiger partial charge is 0.264 e. The van der Waals surface area contributed by atoms with E-state index in [1.54, 1.807) is 18.2 Å². The first-order valence-corrected chi connectivity index (χ1v) is 10.2. The SMILES string of the molecule is Cc1ccc(N(CC(C)C)S(=O)(=O)c2ccc(Br)c(C)c2)c(C)c1. The van der Waals surface area contributed by atoms with E-state index in [1.807, 2.05) is 52.8 Å². The van der Waals surface area contributed by atoms with Crippen LogP contribution in [-0.4, -0.2) is 15.0 Å². The summed E-state index contributed by atoms with van der Waals surface area (Å²) in [5.74, 6) is 0.219. The Balaban J connectivity index is 2.59. The third-order valence-corrected chi connectivity index (χ3v) is 6.53. The van der Waals surface area contributed by atoms with E-state index in [9.17, 15) is 8.42 Å². The van der Waals surface area contributed by atoms with Crippen molar-refractivity contribution in [3.8, 4) is 0 Å². The van der Waals surface area contributed by atoms with Crippen molar-refractivity contribution in [1.82, 2.24) is 0 Å². The van der Waals surface area contributed by atoms with E-state index >= 15 is 0 Å². The maximum atomic E-state index is 13.3. The summed E-state index contributed by atoms with van der Waals surface area (Å²) in [4.78, 5) is 0.323. The molecule has 0 bridgehead atoms. The highest BCUT2D eigenvalue weighted by Gasteiger charge is 2.27.